The fraction of sp³-hybridized carbons (Fsp3) is 0.625. The summed E-state index contributed by atoms with van der Waals surface area (Å²) in [4.78, 5) is 2.46. The van der Waals surface area contributed by atoms with Gasteiger partial charge in [-0.25, -0.2) is 0 Å². The van der Waals surface area contributed by atoms with Crippen LogP contribution in [0.3, 0.4) is 0 Å². The van der Waals surface area contributed by atoms with Gasteiger partial charge in [-0.2, -0.15) is 0 Å². The van der Waals surface area contributed by atoms with Gasteiger partial charge in [-0.3, -0.25) is 4.90 Å². The van der Waals surface area contributed by atoms with Gasteiger partial charge in [0.2, 0.25) is 0 Å². The molecule has 1 aliphatic rings. The molecule has 0 amide bonds. The van der Waals surface area contributed by atoms with Gasteiger partial charge < -0.3 is 5.11 Å². The van der Waals surface area contributed by atoms with E-state index in [1.807, 2.05) is 0 Å². The van der Waals surface area contributed by atoms with Crippen molar-refractivity contribution in [2.24, 2.45) is 0 Å². The molecule has 100 valence electrons. The van der Waals surface area contributed by atoms with Crippen molar-refractivity contribution in [3.05, 3.63) is 35.4 Å². The molecule has 2 rings (SSSR count). The zero-order chi connectivity index (χ0) is 12.8. The van der Waals surface area contributed by atoms with Crippen LogP contribution in [0.5, 0.6) is 0 Å². The molecule has 0 radical (unpaired) electrons. The molecule has 0 saturated carbocycles. The molecule has 0 aromatic heterocycles. The maximum absolute atomic E-state index is 9.40. The van der Waals surface area contributed by atoms with Gasteiger partial charge in [-0.05, 0) is 43.4 Å². The summed E-state index contributed by atoms with van der Waals surface area (Å²) in [6.45, 7) is 4.75. The number of rotatable bonds is 5. The molecule has 1 atom stereocenters. The van der Waals surface area contributed by atoms with E-state index >= 15 is 0 Å². The molecule has 1 heterocycles. The van der Waals surface area contributed by atoms with Gasteiger partial charge in [0.25, 0.3) is 0 Å². The Morgan fingerprint density at radius 3 is 2.89 bits per heavy atom. The summed E-state index contributed by atoms with van der Waals surface area (Å²) in [5, 5.41) is 9.40. The van der Waals surface area contributed by atoms with E-state index in [9.17, 15) is 5.11 Å². The van der Waals surface area contributed by atoms with Crippen molar-refractivity contribution >= 4 is 0 Å². The van der Waals surface area contributed by atoms with Gasteiger partial charge in [0.1, 0.15) is 0 Å². The van der Waals surface area contributed by atoms with Crippen molar-refractivity contribution in [1.82, 2.24) is 4.90 Å². The highest BCUT2D eigenvalue weighted by Crippen LogP contribution is 2.17. The van der Waals surface area contributed by atoms with Crippen LogP contribution >= 0.6 is 0 Å². The van der Waals surface area contributed by atoms with Crippen molar-refractivity contribution in [2.45, 2.75) is 45.1 Å². The van der Waals surface area contributed by atoms with Crippen LogP contribution in [0, 0.1) is 0 Å². The molecule has 1 fully saturated rings. The molecule has 1 saturated heterocycles. The number of benzene rings is 1. The average Bonchev–Trinajstić information content (AvgIpc) is 2.45. The summed E-state index contributed by atoms with van der Waals surface area (Å²) in [7, 11) is 0. The van der Waals surface area contributed by atoms with Gasteiger partial charge in [0.15, 0.2) is 0 Å². The van der Waals surface area contributed by atoms with E-state index < -0.39 is 0 Å². The third-order valence-corrected chi connectivity index (χ3v) is 4.05. The Morgan fingerprint density at radius 2 is 2.11 bits per heavy atom. The van der Waals surface area contributed by atoms with Crippen LogP contribution in [0.25, 0.3) is 0 Å². The Bertz CT molecular complexity index is 364. The molecule has 2 heteroatoms. The first kappa shape index (κ1) is 13.6. The van der Waals surface area contributed by atoms with Crippen molar-refractivity contribution in [3.63, 3.8) is 0 Å². The third kappa shape index (κ3) is 3.56. The fourth-order valence-corrected chi connectivity index (χ4v) is 2.84. The first-order valence-electron chi connectivity index (χ1n) is 7.26. The van der Waals surface area contributed by atoms with Crippen LogP contribution in [0.4, 0.5) is 0 Å². The monoisotopic (exact) mass is 247 g/mol. The van der Waals surface area contributed by atoms with Gasteiger partial charge in [0, 0.05) is 12.6 Å². The molecule has 1 aromatic rings. The molecule has 0 unspecified atom stereocenters. The Morgan fingerprint density at radius 1 is 1.28 bits per heavy atom. The van der Waals surface area contributed by atoms with Crippen LogP contribution in [0.1, 0.15) is 37.3 Å². The lowest BCUT2D eigenvalue weighted by molar-refractivity contribution is 0.0913. The van der Waals surface area contributed by atoms with Crippen molar-refractivity contribution in [2.75, 3.05) is 19.7 Å². The minimum absolute atomic E-state index is 0.314. The lowest BCUT2D eigenvalue weighted by Crippen LogP contribution is -2.42. The van der Waals surface area contributed by atoms with E-state index in [1.54, 1.807) is 0 Å². The number of nitrogens with zero attached hydrogens (tertiary/aromatic N) is 1. The molecular weight excluding hydrogens is 222 g/mol. The molecule has 2 nitrogen and oxygen atoms in total. The highest BCUT2D eigenvalue weighted by molar-refractivity contribution is 5.23. The first-order valence-corrected chi connectivity index (χ1v) is 7.26. The SMILES string of the molecule is CCc1cccc(CCN2CCCC[C@H]2CO)c1. The molecular formula is C16H25NO. The van der Waals surface area contributed by atoms with Crippen molar-refractivity contribution < 1.29 is 5.11 Å². The molecule has 18 heavy (non-hydrogen) atoms. The van der Waals surface area contributed by atoms with Crippen molar-refractivity contribution in [1.29, 1.82) is 0 Å². The second-order valence-electron chi connectivity index (χ2n) is 5.29. The Kier molecular flexibility index (Phi) is 5.21. The molecule has 0 spiro atoms. The molecule has 1 N–H and O–H groups in total. The molecule has 1 aromatic carbocycles. The second-order valence-corrected chi connectivity index (χ2v) is 5.29. The van der Waals surface area contributed by atoms with E-state index in [0.29, 0.717) is 12.6 Å². The summed E-state index contributed by atoms with van der Waals surface area (Å²) < 4.78 is 0. The number of hydrogen-bond donors (Lipinski definition) is 1. The Balaban J connectivity index is 1.89. The lowest BCUT2D eigenvalue weighted by Gasteiger charge is -2.34. The first-order chi connectivity index (χ1) is 8.83. The minimum atomic E-state index is 0.314. The number of aryl methyl sites for hydroxylation is 1. The van der Waals surface area contributed by atoms with Crippen LogP contribution in [0.2, 0.25) is 0 Å². The Labute approximate surface area is 111 Å². The van der Waals surface area contributed by atoms with E-state index in [4.69, 9.17) is 0 Å². The Hall–Kier alpha value is -0.860. The van der Waals surface area contributed by atoms with Crippen LogP contribution in [-0.4, -0.2) is 35.7 Å². The van der Waals surface area contributed by atoms with Gasteiger partial charge in [-0.1, -0.05) is 37.6 Å². The largest absolute Gasteiger partial charge is 0.395 e. The zero-order valence-electron chi connectivity index (χ0n) is 11.4. The average molecular weight is 247 g/mol. The molecule has 0 bridgehead atoms. The number of likely N-dealkylation sites (tertiary alicyclic amines) is 1. The molecule has 0 aliphatic carbocycles. The standard InChI is InChI=1S/C16H25NO/c1-2-14-6-5-7-15(12-14)9-11-17-10-4-3-8-16(17)13-18/h5-7,12,16,18H,2-4,8-11,13H2,1H3/t16-/m0/s1. The highest BCUT2D eigenvalue weighted by atomic mass is 16.3. The quantitative estimate of drug-likeness (QED) is 0.864. The maximum atomic E-state index is 9.40. The number of aliphatic hydroxyl groups is 1. The normalized spacial score (nSPS) is 21.1. The van der Waals surface area contributed by atoms with Crippen LogP contribution < -0.4 is 0 Å². The molecule has 1 aliphatic heterocycles. The summed E-state index contributed by atoms with van der Waals surface area (Å²) in [5.74, 6) is 0. The lowest BCUT2D eigenvalue weighted by atomic mass is 10.0. The van der Waals surface area contributed by atoms with Gasteiger partial charge in [0.05, 0.1) is 6.61 Å². The van der Waals surface area contributed by atoms with E-state index in [-0.39, 0.29) is 0 Å². The number of piperidine rings is 1. The predicted molar refractivity (Wildman–Crippen MR) is 75.8 cm³/mol. The fourth-order valence-electron chi connectivity index (χ4n) is 2.84. The topological polar surface area (TPSA) is 23.5 Å². The predicted octanol–water partition coefficient (Wildman–Crippen LogP) is 2.64. The number of aliphatic hydroxyl groups excluding tert-OH is 1. The van der Waals surface area contributed by atoms with Gasteiger partial charge in [-0.15, -0.1) is 0 Å². The van der Waals surface area contributed by atoms with Crippen molar-refractivity contribution in [3.8, 4) is 0 Å². The summed E-state index contributed by atoms with van der Waals surface area (Å²) in [6.07, 6.45) is 5.92. The number of hydrogen-bond acceptors (Lipinski definition) is 2. The maximum Gasteiger partial charge on any atom is 0.0586 e. The third-order valence-electron chi connectivity index (χ3n) is 4.05. The van der Waals surface area contributed by atoms with Crippen LogP contribution in [0.15, 0.2) is 24.3 Å². The smallest absolute Gasteiger partial charge is 0.0586 e. The van der Waals surface area contributed by atoms with E-state index in [1.165, 1.54) is 24.0 Å². The second kappa shape index (κ2) is 6.91. The minimum Gasteiger partial charge on any atom is -0.395 e. The summed E-state index contributed by atoms with van der Waals surface area (Å²) in [5.41, 5.74) is 2.85. The zero-order valence-corrected chi connectivity index (χ0v) is 11.4. The van der Waals surface area contributed by atoms with Gasteiger partial charge >= 0.3 is 0 Å². The van der Waals surface area contributed by atoms with E-state index in [2.05, 4.69) is 36.1 Å². The summed E-state index contributed by atoms with van der Waals surface area (Å²) >= 11 is 0. The highest BCUT2D eigenvalue weighted by Gasteiger charge is 2.20. The summed E-state index contributed by atoms with van der Waals surface area (Å²) in [6, 6.07) is 9.29. The van der Waals surface area contributed by atoms with Crippen LogP contribution in [-0.2, 0) is 12.8 Å². The van der Waals surface area contributed by atoms with E-state index in [0.717, 1.165) is 32.4 Å².